The zero-order valence-electron chi connectivity index (χ0n) is 13.5. The lowest BCUT2D eigenvalue weighted by Gasteiger charge is -2.20. The van der Waals surface area contributed by atoms with Gasteiger partial charge in [-0.2, -0.15) is 0 Å². The smallest absolute Gasteiger partial charge is 0.0111 e. The van der Waals surface area contributed by atoms with Crippen molar-refractivity contribution in [2.24, 2.45) is 0 Å². The van der Waals surface area contributed by atoms with E-state index in [9.17, 15) is 0 Å². The Kier molecular flexibility index (Phi) is 6.47. The van der Waals surface area contributed by atoms with Gasteiger partial charge in [0.1, 0.15) is 0 Å². The van der Waals surface area contributed by atoms with E-state index in [1.54, 1.807) is 0 Å². The number of hydrogen-bond donors (Lipinski definition) is 1. The van der Waals surface area contributed by atoms with E-state index in [2.05, 4.69) is 61.8 Å². The van der Waals surface area contributed by atoms with E-state index in [0.29, 0.717) is 6.04 Å². The largest absolute Gasteiger partial charge is 0.314 e. The van der Waals surface area contributed by atoms with Crippen molar-refractivity contribution in [3.05, 3.63) is 57.3 Å². The van der Waals surface area contributed by atoms with Gasteiger partial charge in [-0.15, -0.1) is 11.3 Å². The first-order valence-corrected chi connectivity index (χ1v) is 8.89. The lowest BCUT2D eigenvalue weighted by molar-refractivity contribution is 0.478. The molecule has 2 heteroatoms. The number of aryl methyl sites for hydroxylation is 3. The van der Waals surface area contributed by atoms with E-state index in [0.717, 1.165) is 13.0 Å². The normalized spacial score (nSPS) is 12.5. The molecule has 1 nitrogen and oxygen atoms in total. The SMILES string of the molecule is CCCNC(CCc1cccs1)Cc1cc(C)ccc1C. The quantitative estimate of drug-likeness (QED) is 0.730. The van der Waals surface area contributed by atoms with Crippen LogP contribution in [-0.2, 0) is 12.8 Å². The van der Waals surface area contributed by atoms with E-state index in [1.165, 1.54) is 40.8 Å². The highest BCUT2D eigenvalue weighted by atomic mass is 32.1. The molecule has 114 valence electrons. The molecular weight excluding hydrogens is 274 g/mol. The third-order valence-electron chi connectivity index (χ3n) is 3.97. The Morgan fingerprint density at radius 1 is 1.19 bits per heavy atom. The number of hydrogen-bond acceptors (Lipinski definition) is 2. The Labute approximate surface area is 133 Å². The van der Waals surface area contributed by atoms with Gasteiger partial charge in [0, 0.05) is 10.9 Å². The summed E-state index contributed by atoms with van der Waals surface area (Å²) >= 11 is 1.87. The van der Waals surface area contributed by atoms with Crippen LogP contribution < -0.4 is 5.32 Å². The van der Waals surface area contributed by atoms with Crippen LogP contribution in [0, 0.1) is 13.8 Å². The number of rotatable bonds is 8. The van der Waals surface area contributed by atoms with Gasteiger partial charge >= 0.3 is 0 Å². The van der Waals surface area contributed by atoms with Gasteiger partial charge in [0.25, 0.3) is 0 Å². The molecule has 1 heterocycles. The molecule has 1 atom stereocenters. The fraction of sp³-hybridized carbons (Fsp3) is 0.474. The lowest BCUT2D eigenvalue weighted by Crippen LogP contribution is -2.32. The van der Waals surface area contributed by atoms with Crippen molar-refractivity contribution < 1.29 is 0 Å². The van der Waals surface area contributed by atoms with E-state index in [-0.39, 0.29) is 0 Å². The lowest BCUT2D eigenvalue weighted by atomic mass is 9.96. The van der Waals surface area contributed by atoms with Gasteiger partial charge in [-0.05, 0) is 68.6 Å². The third-order valence-corrected chi connectivity index (χ3v) is 4.91. The molecule has 0 amide bonds. The summed E-state index contributed by atoms with van der Waals surface area (Å²) in [5.74, 6) is 0. The van der Waals surface area contributed by atoms with Crippen LogP contribution in [0.5, 0.6) is 0 Å². The monoisotopic (exact) mass is 301 g/mol. The highest BCUT2D eigenvalue weighted by Crippen LogP contribution is 2.17. The number of nitrogens with one attached hydrogen (secondary N) is 1. The highest BCUT2D eigenvalue weighted by molar-refractivity contribution is 7.09. The Bertz CT molecular complexity index is 531. The fourth-order valence-electron chi connectivity index (χ4n) is 2.68. The van der Waals surface area contributed by atoms with Crippen molar-refractivity contribution in [1.29, 1.82) is 0 Å². The fourth-order valence-corrected chi connectivity index (χ4v) is 3.41. The minimum Gasteiger partial charge on any atom is -0.314 e. The van der Waals surface area contributed by atoms with Gasteiger partial charge in [0.2, 0.25) is 0 Å². The second-order valence-corrected chi connectivity index (χ2v) is 6.94. The van der Waals surface area contributed by atoms with Crippen LogP contribution in [0.3, 0.4) is 0 Å². The molecule has 0 aliphatic rings. The molecule has 21 heavy (non-hydrogen) atoms. The molecule has 0 saturated heterocycles. The second-order valence-electron chi connectivity index (χ2n) is 5.90. The summed E-state index contributed by atoms with van der Waals surface area (Å²) in [5, 5.41) is 5.91. The van der Waals surface area contributed by atoms with Crippen molar-refractivity contribution in [1.82, 2.24) is 5.32 Å². The Morgan fingerprint density at radius 3 is 2.76 bits per heavy atom. The first-order chi connectivity index (χ1) is 10.2. The zero-order valence-corrected chi connectivity index (χ0v) is 14.3. The predicted octanol–water partition coefficient (Wildman–Crippen LogP) is 4.91. The van der Waals surface area contributed by atoms with Crippen molar-refractivity contribution in [3.8, 4) is 0 Å². The average Bonchev–Trinajstić information content (AvgIpc) is 2.99. The van der Waals surface area contributed by atoms with Crippen LogP contribution in [-0.4, -0.2) is 12.6 Å². The third kappa shape index (κ3) is 5.29. The minimum atomic E-state index is 0.576. The molecule has 0 fully saturated rings. The van der Waals surface area contributed by atoms with E-state index in [1.807, 2.05) is 11.3 Å². The van der Waals surface area contributed by atoms with E-state index < -0.39 is 0 Å². The number of benzene rings is 1. The van der Waals surface area contributed by atoms with Crippen molar-refractivity contribution in [2.75, 3.05) is 6.54 Å². The molecule has 1 unspecified atom stereocenters. The molecule has 1 aromatic heterocycles. The van der Waals surface area contributed by atoms with Crippen LogP contribution in [0.25, 0.3) is 0 Å². The van der Waals surface area contributed by atoms with Crippen molar-refractivity contribution in [3.63, 3.8) is 0 Å². The van der Waals surface area contributed by atoms with Gasteiger partial charge in [-0.25, -0.2) is 0 Å². The van der Waals surface area contributed by atoms with Crippen molar-refractivity contribution in [2.45, 2.75) is 52.5 Å². The Hall–Kier alpha value is -1.12. The minimum absolute atomic E-state index is 0.576. The summed E-state index contributed by atoms with van der Waals surface area (Å²) in [6.45, 7) is 7.76. The molecule has 2 rings (SSSR count). The van der Waals surface area contributed by atoms with Crippen LogP contribution in [0.1, 0.15) is 41.3 Å². The molecular formula is C19H27NS. The van der Waals surface area contributed by atoms with Gasteiger partial charge in [0.15, 0.2) is 0 Å². The van der Waals surface area contributed by atoms with Gasteiger partial charge in [-0.3, -0.25) is 0 Å². The standard InChI is InChI=1S/C19H27NS/c1-4-11-20-18(9-10-19-6-5-12-21-19)14-17-13-15(2)7-8-16(17)3/h5-8,12-13,18,20H,4,9-11,14H2,1-3H3. The van der Waals surface area contributed by atoms with Gasteiger partial charge in [-0.1, -0.05) is 36.8 Å². The topological polar surface area (TPSA) is 12.0 Å². The van der Waals surface area contributed by atoms with Crippen LogP contribution in [0.2, 0.25) is 0 Å². The highest BCUT2D eigenvalue weighted by Gasteiger charge is 2.11. The molecule has 0 spiro atoms. The summed E-state index contributed by atoms with van der Waals surface area (Å²) in [4.78, 5) is 1.50. The average molecular weight is 301 g/mol. The first-order valence-electron chi connectivity index (χ1n) is 8.01. The van der Waals surface area contributed by atoms with Crippen LogP contribution in [0.15, 0.2) is 35.7 Å². The summed E-state index contributed by atoms with van der Waals surface area (Å²) in [6, 6.07) is 11.8. The molecule has 2 aromatic rings. The molecule has 1 aromatic carbocycles. The molecule has 0 aliphatic heterocycles. The van der Waals surface area contributed by atoms with Crippen LogP contribution in [0.4, 0.5) is 0 Å². The van der Waals surface area contributed by atoms with E-state index >= 15 is 0 Å². The molecule has 1 N–H and O–H groups in total. The van der Waals surface area contributed by atoms with Gasteiger partial charge in [0.05, 0.1) is 0 Å². The molecule has 0 aliphatic carbocycles. The second kappa shape index (κ2) is 8.35. The van der Waals surface area contributed by atoms with Crippen LogP contribution >= 0.6 is 11.3 Å². The Morgan fingerprint density at radius 2 is 2.05 bits per heavy atom. The summed E-state index contributed by atoms with van der Waals surface area (Å²) in [5.41, 5.74) is 4.28. The van der Waals surface area contributed by atoms with E-state index in [4.69, 9.17) is 0 Å². The Balaban J connectivity index is 1.99. The first kappa shape index (κ1) is 16.3. The molecule has 0 bridgehead atoms. The zero-order chi connectivity index (χ0) is 15.1. The maximum absolute atomic E-state index is 3.73. The molecule has 0 radical (unpaired) electrons. The maximum atomic E-state index is 3.73. The summed E-state index contributed by atoms with van der Waals surface area (Å²) < 4.78 is 0. The molecule has 0 saturated carbocycles. The summed E-state index contributed by atoms with van der Waals surface area (Å²) in [7, 11) is 0. The predicted molar refractivity (Wildman–Crippen MR) is 94.3 cm³/mol. The van der Waals surface area contributed by atoms with Crippen molar-refractivity contribution >= 4 is 11.3 Å². The number of thiophene rings is 1. The summed E-state index contributed by atoms with van der Waals surface area (Å²) in [6.07, 6.45) is 4.74. The van der Waals surface area contributed by atoms with Gasteiger partial charge < -0.3 is 5.32 Å². The maximum Gasteiger partial charge on any atom is 0.0111 e.